The molecule has 0 bridgehead atoms. The SMILES string of the molecule is Cc1cc(CCC(=O)OI)cc(C)c1O. The zero-order chi connectivity index (χ0) is 11.4. The van der Waals surface area contributed by atoms with Gasteiger partial charge in [-0.2, -0.15) is 0 Å². The van der Waals surface area contributed by atoms with E-state index in [-0.39, 0.29) is 5.97 Å². The molecule has 15 heavy (non-hydrogen) atoms. The molecule has 1 aromatic rings. The minimum absolute atomic E-state index is 0.223. The van der Waals surface area contributed by atoms with E-state index in [0.29, 0.717) is 18.6 Å². The van der Waals surface area contributed by atoms with Crippen LogP contribution in [-0.4, -0.2) is 11.1 Å². The van der Waals surface area contributed by atoms with Crippen molar-refractivity contribution in [3.63, 3.8) is 0 Å². The minimum Gasteiger partial charge on any atom is -0.507 e. The highest BCUT2D eigenvalue weighted by atomic mass is 127. The summed E-state index contributed by atoms with van der Waals surface area (Å²) in [6, 6.07) is 3.78. The summed E-state index contributed by atoms with van der Waals surface area (Å²) >= 11 is 1.59. The van der Waals surface area contributed by atoms with Gasteiger partial charge >= 0.3 is 5.97 Å². The van der Waals surface area contributed by atoms with Gasteiger partial charge in [-0.1, -0.05) is 12.1 Å². The maximum atomic E-state index is 10.9. The molecule has 0 fully saturated rings. The maximum Gasteiger partial charge on any atom is 0.315 e. The van der Waals surface area contributed by atoms with Gasteiger partial charge in [-0.25, -0.2) is 0 Å². The Labute approximate surface area is 103 Å². The number of benzene rings is 1. The minimum atomic E-state index is -0.223. The van der Waals surface area contributed by atoms with Crippen LogP contribution in [0.5, 0.6) is 5.75 Å². The van der Waals surface area contributed by atoms with Crippen molar-refractivity contribution in [1.29, 1.82) is 0 Å². The third-order valence-electron chi connectivity index (χ3n) is 2.25. The Morgan fingerprint density at radius 1 is 1.40 bits per heavy atom. The van der Waals surface area contributed by atoms with E-state index in [4.69, 9.17) is 0 Å². The molecule has 1 rings (SSSR count). The Bertz CT molecular complexity index is 351. The number of halogens is 1. The first-order valence-electron chi connectivity index (χ1n) is 4.65. The van der Waals surface area contributed by atoms with E-state index in [1.165, 1.54) is 0 Å². The van der Waals surface area contributed by atoms with E-state index in [0.717, 1.165) is 16.7 Å². The third kappa shape index (κ3) is 3.37. The normalized spacial score (nSPS) is 10.1. The van der Waals surface area contributed by atoms with Crippen molar-refractivity contribution >= 4 is 29.0 Å². The summed E-state index contributed by atoms with van der Waals surface area (Å²) in [4.78, 5) is 10.9. The van der Waals surface area contributed by atoms with E-state index in [1.807, 2.05) is 26.0 Å². The number of aromatic hydroxyl groups is 1. The molecule has 0 saturated heterocycles. The Morgan fingerprint density at radius 3 is 2.40 bits per heavy atom. The van der Waals surface area contributed by atoms with Gasteiger partial charge in [-0.15, -0.1) is 0 Å². The van der Waals surface area contributed by atoms with E-state index in [2.05, 4.69) is 3.07 Å². The molecule has 0 amide bonds. The molecule has 0 atom stereocenters. The van der Waals surface area contributed by atoms with Gasteiger partial charge in [0.25, 0.3) is 0 Å². The van der Waals surface area contributed by atoms with Gasteiger partial charge in [0.05, 0.1) is 6.42 Å². The number of hydrogen-bond donors (Lipinski definition) is 1. The van der Waals surface area contributed by atoms with Crippen LogP contribution >= 0.6 is 23.0 Å². The standard InChI is InChI=1S/C11H13IO3/c1-7-5-9(3-4-10(13)15-12)6-8(2)11(7)14/h5-6,14H,3-4H2,1-2H3. The summed E-state index contributed by atoms with van der Waals surface area (Å²) in [6.07, 6.45) is 1.01. The Kier molecular flexibility index (Phi) is 4.38. The van der Waals surface area contributed by atoms with Gasteiger partial charge in [0.15, 0.2) is 23.0 Å². The van der Waals surface area contributed by atoms with Gasteiger partial charge in [-0.3, -0.25) is 4.79 Å². The summed E-state index contributed by atoms with van der Waals surface area (Å²) in [5, 5.41) is 9.56. The number of carbonyl (C=O) groups excluding carboxylic acids is 1. The fourth-order valence-electron chi connectivity index (χ4n) is 1.47. The highest BCUT2D eigenvalue weighted by Crippen LogP contribution is 2.23. The Morgan fingerprint density at radius 2 is 1.93 bits per heavy atom. The van der Waals surface area contributed by atoms with Crippen LogP contribution in [0, 0.1) is 13.8 Å². The molecule has 0 radical (unpaired) electrons. The van der Waals surface area contributed by atoms with Crippen molar-refractivity contribution in [1.82, 2.24) is 0 Å². The number of phenolic OH excluding ortho intramolecular Hbond substituents is 1. The average Bonchev–Trinajstić information content (AvgIpc) is 2.22. The lowest BCUT2D eigenvalue weighted by Gasteiger charge is -2.06. The lowest BCUT2D eigenvalue weighted by molar-refractivity contribution is -0.131. The molecule has 0 aliphatic carbocycles. The lowest BCUT2D eigenvalue weighted by atomic mass is 10.0. The molecule has 0 unspecified atom stereocenters. The Balaban J connectivity index is 2.75. The van der Waals surface area contributed by atoms with Gasteiger partial charge in [-0.05, 0) is 37.0 Å². The molecular formula is C11H13IO3. The van der Waals surface area contributed by atoms with E-state index < -0.39 is 0 Å². The molecule has 0 aliphatic heterocycles. The molecule has 82 valence electrons. The van der Waals surface area contributed by atoms with Gasteiger partial charge in [0.1, 0.15) is 5.75 Å². The molecule has 0 aromatic heterocycles. The van der Waals surface area contributed by atoms with Crippen LogP contribution < -0.4 is 0 Å². The topological polar surface area (TPSA) is 46.5 Å². The van der Waals surface area contributed by atoms with E-state index >= 15 is 0 Å². The van der Waals surface area contributed by atoms with Crippen molar-refractivity contribution < 1.29 is 13.0 Å². The van der Waals surface area contributed by atoms with E-state index in [1.54, 1.807) is 23.0 Å². The number of hydrogen-bond acceptors (Lipinski definition) is 3. The summed E-state index contributed by atoms with van der Waals surface area (Å²) in [5.41, 5.74) is 2.73. The smallest absolute Gasteiger partial charge is 0.315 e. The molecule has 0 aliphatic rings. The fraction of sp³-hybridized carbons (Fsp3) is 0.364. The number of phenols is 1. The molecule has 1 N–H and O–H groups in total. The first-order chi connectivity index (χ1) is 7.04. The first kappa shape index (κ1) is 12.3. The lowest BCUT2D eigenvalue weighted by Crippen LogP contribution is -1.99. The van der Waals surface area contributed by atoms with Crippen molar-refractivity contribution in [2.24, 2.45) is 0 Å². The van der Waals surface area contributed by atoms with Crippen LogP contribution in [0.15, 0.2) is 12.1 Å². The zero-order valence-electron chi connectivity index (χ0n) is 8.71. The maximum absolute atomic E-state index is 10.9. The highest BCUT2D eigenvalue weighted by Gasteiger charge is 2.06. The number of aryl methyl sites for hydroxylation is 3. The van der Waals surface area contributed by atoms with Crippen LogP contribution in [-0.2, 0) is 14.3 Å². The number of carbonyl (C=O) groups is 1. The van der Waals surface area contributed by atoms with Crippen molar-refractivity contribution in [2.75, 3.05) is 0 Å². The molecule has 0 heterocycles. The first-order valence-corrected chi connectivity index (χ1v) is 5.53. The fourth-order valence-corrected chi connectivity index (χ4v) is 1.70. The molecule has 0 saturated carbocycles. The summed E-state index contributed by atoms with van der Waals surface area (Å²) < 4.78 is 4.54. The van der Waals surface area contributed by atoms with Gasteiger partial charge in [0, 0.05) is 0 Å². The summed E-state index contributed by atoms with van der Waals surface area (Å²) in [5.74, 6) is 0.106. The monoisotopic (exact) mass is 320 g/mol. The second kappa shape index (κ2) is 5.34. The largest absolute Gasteiger partial charge is 0.507 e. The second-order valence-electron chi connectivity index (χ2n) is 3.53. The molecule has 0 spiro atoms. The summed E-state index contributed by atoms with van der Waals surface area (Å²) in [6.45, 7) is 3.70. The number of rotatable bonds is 3. The van der Waals surface area contributed by atoms with Crippen LogP contribution in [0.2, 0.25) is 0 Å². The van der Waals surface area contributed by atoms with Crippen LogP contribution in [0.1, 0.15) is 23.1 Å². The van der Waals surface area contributed by atoms with Gasteiger partial charge in [0.2, 0.25) is 0 Å². The summed E-state index contributed by atoms with van der Waals surface area (Å²) in [7, 11) is 0. The van der Waals surface area contributed by atoms with Gasteiger partial charge < -0.3 is 8.17 Å². The Hall–Kier alpha value is -0.780. The average molecular weight is 320 g/mol. The second-order valence-corrected chi connectivity index (χ2v) is 3.97. The third-order valence-corrected chi connectivity index (χ3v) is 2.75. The van der Waals surface area contributed by atoms with Crippen molar-refractivity contribution in [3.05, 3.63) is 28.8 Å². The van der Waals surface area contributed by atoms with Crippen molar-refractivity contribution in [3.8, 4) is 5.75 Å². The molecule has 4 heteroatoms. The molecule has 1 aromatic carbocycles. The zero-order valence-corrected chi connectivity index (χ0v) is 10.9. The highest BCUT2D eigenvalue weighted by molar-refractivity contribution is 14.1. The molecular weight excluding hydrogens is 307 g/mol. The predicted octanol–water partition coefficient (Wildman–Crippen LogP) is 2.83. The predicted molar refractivity (Wildman–Crippen MR) is 66.0 cm³/mol. The quantitative estimate of drug-likeness (QED) is 0.871. The van der Waals surface area contributed by atoms with Crippen molar-refractivity contribution in [2.45, 2.75) is 26.7 Å². The van der Waals surface area contributed by atoms with Crippen LogP contribution in [0.3, 0.4) is 0 Å². The van der Waals surface area contributed by atoms with Crippen LogP contribution in [0.25, 0.3) is 0 Å². The van der Waals surface area contributed by atoms with Crippen LogP contribution in [0.4, 0.5) is 0 Å². The van der Waals surface area contributed by atoms with E-state index in [9.17, 15) is 9.90 Å². The molecule has 3 nitrogen and oxygen atoms in total.